The Hall–Kier alpha value is -0.640. The first-order valence-corrected chi connectivity index (χ1v) is 6.01. The van der Waals surface area contributed by atoms with Crippen LogP contribution in [0.25, 0.3) is 0 Å². The average Bonchev–Trinajstić information content (AvgIpc) is 2.66. The first-order valence-electron chi connectivity index (χ1n) is 5.63. The fraction of sp³-hybridized carbons (Fsp3) is 0.583. The molecule has 1 aromatic rings. The maximum atomic E-state index is 5.92. The van der Waals surface area contributed by atoms with Crippen molar-refractivity contribution in [1.82, 2.24) is 14.8 Å². The summed E-state index contributed by atoms with van der Waals surface area (Å²) in [7, 11) is 4.30. The molecule has 1 aliphatic rings. The molecule has 88 valence electrons. The van der Waals surface area contributed by atoms with Crippen LogP contribution < -0.4 is 0 Å². The number of hydrogen-bond acceptors (Lipinski definition) is 3. The van der Waals surface area contributed by atoms with E-state index in [0.29, 0.717) is 6.04 Å². The number of halogens is 1. The summed E-state index contributed by atoms with van der Waals surface area (Å²) >= 11 is 5.92. The Morgan fingerprint density at radius 3 is 2.94 bits per heavy atom. The van der Waals surface area contributed by atoms with Crippen molar-refractivity contribution >= 4 is 11.6 Å². The Morgan fingerprint density at radius 2 is 2.31 bits per heavy atom. The van der Waals surface area contributed by atoms with E-state index in [2.05, 4.69) is 28.9 Å². The molecule has 16 heavy (non-hydrogen) atoms. The van der Waals surface area contributed by atoms with Gasteiger partial charge in [-0.2, -0.15) is 0 Å². The summed E-state index contributed by atoms with van der Waals surface area (Å²) < 4.78 is 0. The number of likely N-dealkylation sites (N-methyl/N-ethyl adjacent to an activating group) is 1. The molecular weight excluding hydrogens is 222 g/mol. The quantitative estimate of drug-likeness (QED) is 0.803. The third-order valence-electron chi connectivity index (χ3n) is 3.15. The van der Waals surface area contributed by atoms with E-state index in [4.69, 9.17) is 11.6 Å². The second-order valence-corrected chi connectivity index (χ2v) is 5.09. The fourth-order valence-electron chi connectivity index (χ4n) is 2.18. The van der Waals surface area contributed by atoms with Gasteiger partial charge >= 0.3 is 0 Å². The molecule has 1 atom stereocenters. The van der Waals surface area contributed by atoms with E-state index < -0.39 is 0 Å². The highest BCUT2D eigenvalue weighted by Crippen LogP contribution is 2.17. The van der Waals surface area contributed by atoms with Crippen LogP contribution in [0.4, 0.5) is 0 Å². The van der Waals surface area contributed by atoms with Crippen LogP contribution in [0, 0.1) is 0 Å². The van der Waals surface area contributed by atoms with Crippen LogP contribution in [0.15, 0.2) is 18.5 Å². The third-order valence-corrected chi connectivity index (χ3v) is 3.35. The maximum Gasteiger partial charge on any atom is 0.0592 e. The summed E-state index contributed by atoms with van der Waals surface area (Å²) in [4.78, 5) is 8.87. The second kappa shape index (κ2) is 5.13. The summed E-state index contributed by atoms with van der Waals surface area (Å²) in [6, 6.07) is 2.68. The number of aromatic nitrogens is 1. The van der Waals surface area contributed by atoms with Crippen molar-refractivity contribution in [2.24, 2.45) is 0 Å². The number of likely N-dealkylation sites (tertiary alicyclic amines) is 1. The molecule has 1 aromatic heterocycles. The minimum absolute atomic E-state index is 0.687. The van der Waals surface area contributed by atoms with Crippen LogP contribution in [0.3, 0.4) is 0 Å². The van der Waals surface area contributed by atoms with Crippen LogP contribution in [-0.4, -0.2) is 48.0 Å². The maximum absolute atomic E-state index is 5.92. The third kappa shape index (κ3) is 2.94. The number of rotatable bonds is 3. The van der Waals surface area contributed by atoms with Crippen molar-refractivity contribution in [2.45, 2.75) is 19.0 Å². The Kier molecular flexibility index (Phi) is 3.79. The minimum atomic E-state index is 0.687. The van der Waals surface area contributed by atoms with Gasteiger partial charge in [0.05, 0.1) is 5.02 Å². The van der Waals surface area contributed by atoms with Gasteiger partial charge in [0, 0.05) is 38.1 Å². The van der Waals surface area contributed by atoms with Gasteiger partial charge in [-0.1, -0.05) is 11.6 Å². The largest absolute Gasteiger partial charge is 0.305 e. The van der Waals surface area contributed by atoms with Gasteiger partial charge in [0.25, 0.3) is 0 Å². The van der Waals surface area contributed by atoms with Crippen LogP contribution in [-0.2, 0) is 6.54 Å². The van der Waals surface area contributed by atoms with E-state index in [1.54, 1.807) is 6.20 Å². The first-order chi connectivity index (χ1) is 7.65. The average molecular weight is 240 g/mol. The van der Waals surface area contributed by atoms with E-state index in [-0.39, 0.29) is 0 Å². The van der Waals surface area contributed by atoms with Gasteiger partial charge in [-0.3, -0.25) is 9.88 Å². The SMILES string of the molecule is CN(C)[C@H]1CCN(Cc2cncc(Cl)c2)C1. The van der Waals surface area contributed by atoms with Gasteiger partial charge in [0.15, 0.2) is 0 Å². The van der Waals surface area contributed by atoms with Crippen LogP contribution in [0.5, 0.6) is 0 Å². The number of nitrogens with zero attached hydrogens (tertiary/aromatic N) is 3. The molecule has 1 saturated heterocycles. The highest BCUT2D eigenvalue weighted by atomic mass is 35.5. The van der Waals surface area contributed by atoms with Gasteiger partial charge in [-0.05, 0) is 32.1 Å². The standard InChI is InChI=1S/C12H18ClN3/c1-15(2)12-3-4-16(9-12)8-10-5-11(13)7-14-6-10/h5-7,12H,3-4,8-9H2,1-2H3/t12-/m0/s1. The summed E-state index contributed by atoms with van der Waals surface area (Å²) in [5.41, 5.74) is 1.20. The molecule has 3 nitrogen and oxygen atoms in total. The molecule has 0 unspecified atom stereocenters. The molecule has 0 radical (unpaired) electrons. The van der Waals surface area contributed by atoms with Gasteiger partial charge in [0.1, 0.15) is 0 Å². The lowest BCUT2D eigenvalue weighted by molar-refractivity contribution is 0.264. The lowest BCUT2D eigenvalue weighted by Crippen LogP contribution is -2.31. The van der Waals surface area contributed by atoms with Crippen molar-refractivity contribution in [1.29, 1.82) is 0 Å². The zero-order chi connectivity index (χ0) is 11.5. The molecule has 4 heteroatoms. The Morgan fingerprint density at radius 1 is 1.50 bits per heavy atom. The topological polar surface area (TPSA) is 19.4 Å². The lowest BCUT2D eigenvalue weighted by Gasteiger charge is -2.20. The van der Waals surface area contributed by atoms with Gasteiger partial charge < -0.3 is 4.90 Å². The van der Waals surface area contributed by atoms with Crippen molar-refractivity contribution in [3.8, 4) is 0 Å². The summed E-state index contributed by atoms with van der Waals surface area (Å²) in [6.45, 7) is 3.26. The molecule has 2 rings (SSSR count). The minimum Gasteiger partial charge on any atom is -0.305 e. The Bertz CT molecular complexity index is 354. The summed E-state index contributed by atoms with van der Waals surface area (Å²) in [5.74, 6) is 0. The Balaban J connectivity index is 1.92. The molecular formula is C12H18ClN3. The predicted octanol–water partition coefficient (Wildman–Crippen LogP) is 1.87. The molecule has 0 saturated carbocycles. The van der Waals surface area contributed by atoms with Crippen LogP contribution >= 0.6 is 11.6 Å². The lowest BCUT2D eigenvalue weighted by atomic mass is 10.2. The smallest absolute Gasteiger partial charge is 0.0592 e. The molecule has 0 aromatic carbocycles. The van der Waals surface area contributed by atoms with Gasteiger partial charge in [-0.25, -0.2) is 0 Å². The monoisotopic (exact) mass is 239 g/mol. The van der Waals surface area contributed by atoms with Crippen LogP contribution in [0.2, 0.25) is 5.02 Å². The highest BCUT2D eigenvalue weighted by molar-refractivity contribution is 6.30. The van der Waals surface area contributed by atoms with Crippen LogP contribution in [0.1, 0.15) is 12.0 Å². The molecule has 2 heterocycles. The molecule has 0 spiro atoms. The van der Waals surface area contributed by atoms with Crippen molar-refractivity contribution < 1.29 is 0 Å². The second-order valence-electron chi connectivity index (χ2n) is 4.65. The molecule has 1 aliphatic heterocycles. The highest BCUT2D eigenvalue weighted by Gasteiger charge is 2.23. The van der Waals surface area contributed by atoms with E-state index in [1.807, 2.05) is 12.3 Å². The van der Waals surface area contributed by atoms with E-state index >= 15 is 0 Å². The summed E-state index contributed by atoms with van der Waals surface area (Å²) in [6.07, 6.45) is 4.83. The van der Waals surface area contributed by atoms with Crippen molar-refractivity contribution in [3.63, 3.8) is 0 Å². The number of pyridine rings is 1. The van der Waals surface area contributed by atoms with E-state index in [0.717, 1.165) is 24.7 Å². The summed E-state index contributed by atoms with van der Waals surface area (Å²) in [5, 5.41) is 0.723. The van der Waals surface area contributed by atoms with Crippen molar-refractivity contribution in [3.05, 3.63) is 29.0 Å². The zero-order valence-electron chi connectivity index (χ0n) is 9.86. The molecule has 0 bridgehead atoms. The molecule has 1 fully saturated rings. The van der Waals surface area contributed by atoms with E-state index in [9.17, 15) is 0 Å². The molecule has 0 N–H and O–H groups in total. The first kappa shape index (κ1) is 11.8. The fourth-order valence-corrected chi connectivity index (χ4v) is 2.37. The normalized spacial score (nSPS) is 21.9. The van der Waals surface area contributed by atoms with Crippen molar-refractivity contribution in [2.75, 3.05) is 27.2 Å². The zero-order valence-corrected chi connectivity index (χ0v) is 10.6. The van der Waals surface area contributed by atoms with E-state index in [1.165, 1.54) is 12.0 Å². The van der Waals surface area contributed by atoms with Gasteiger partial charge in [0.2, 0.25) is 0 Å². The Labute approximate surface area is 102 Å². The predicted molar refractivity (Wildman–Crippen MR) is 66.6 cm³/mol. The van der Waals surface area contributed by atoms with Gasteiger partial charge in [-0.15, -0.1) is 0 Å². The molecule has 0 amide bonds. The number of hydrogen-bond donors (Lipinski definition) is 0. The molecule has 0 aliphatic carbocycles.